The fraction of sp³-hybridized carbons (Fsp3) is 1.00. The normalized spacial score (nSPS) is 38.5. The van der Waals surface area contributed by atoms with Crippen LogP contribution in [0.2, 0.25) is 0 Å². The molecule has 2 unspecified atom stereocenters. The predicted molar refractivity (Wildman–Crippen MR) is 45.9 cm³/mol. The van der Waals surface area contributed by atoms with E-state index in [0.29, 0.717) is 0 Å². The zero-order valence-electron chi connectivity index (χ0n) is 7.10. The lowest BCUT2D eigenvalue weighted by Crippen LogP contribution is -2.57. The van der Waals surface area contributed by atoms with E-state index in [1.165, 1.54) is 0 Å². The largest absolute Gasteiger partial charge is 0.382 e. The first-order valence-corrected chi connectivity index (χ1v) is 4.97. The maximum atomic E-state index is 13.1. The van der Waals surface area contributed by atoms with Crippen LogP contribution in [-0.2, 0) is 9.47 Å². The van der Waals surface area contributed by atoms with Gasteiger partial charge in [-0.1, -0.05) is 0 Å². The molecule has 1 heterocycles. The van der Waals surface area contributed by atoms with Gasteiger partial charge in [0, 0.05) is 0 Å². The number of hydrogen-bond donors (Lipinski definition) is 0. The molecule has 0 amide bonds. The summed E-state index contributed by atoms with van der Waals surface area (Å²) in [7, 11) is 0. The van der Waals surface area contributed by atoms with Crippen molar-refractivity contribution in [2.75, 3.05) is 0 Å². The van der Waals surface area contributed by atoms with Gasteiger partial charge in [-0.25, -0.2) is 0 Å². The summed E-state index contributed by atoms with van der Waals surface area (Å²) < 4.78 is 83.8. The van der Waals surface area contributed by atoms with Gasteiger partial charge >= 0.3 is 27.2 Å². The van der Waals surface area contributed by atoms with Crippen LogP contribution in [-0.4, -0.2) is 27.2 Å². The predicted octanol–water partition coefficient (Wildman–Crippen LogP) is 4.12. The van der Waals surface area contributed by atoms with Gasteiger partial charge < -0.3 is 0 Å². The first kappa shape index (κ1) is 15.7. The Balaban J connectivity index is 3.34. The van der Waals surface area contributed by atoms with E-state index in [1.807, 2.05) is 0 Å². The van der Waals surface area contributed by atoms with E-state index in [2.05, 4.69) is 55.9 Å². The molecule has 0 aromatic heterocycles. The molecule has 2 nitrogen and oxygen atoms in total. The van der Waals surface area contributed by atoms with Crippen molar-refractivity contribution in [2.45, 2.75) is 27.2 Å². The molecule has 12 heteroatoms. The van der Waals surface area contributed by atoms with Crippen LogP contribution in [0.3, 0.4) is 0 Å². The monoisotopic (exact) mass is 346 g/mol. The van der Waals surface area contributed by atoms with Crippen LogP contribution in [0.4, 0.5) is 26.3 Å². The van der Waals surface area contributed by atoms with Gasteiger partial charge in [0.2, 0.25) is 0 Å². The molecule has 0 spiro atoms. The number of halogens is 10. The fourth-order valence-electron chi connectivity index (χ4n) is 0.893. The van der Waals surface area contributed by atoms with Crippen LogP contribution in [0, 0.1) is 0 Å². The van der Waals surface area contributed by atoms with Crippen LogP contribution in [0.25, 0.3) is 0 Å². The molecule has 17 heavy (non-hydrogen) atoms. The van der Waals surface area contributed by atoms with Crippen molar-refractivity contribution in [2.24, 2.45) is 0 Å². The topological polar surface area (TPSA) is 18.5 Å². The smallest absolute Gasteiger partial charge is 0.282 e. The summed E-state index contributed by atoms with van der Waals surface area (Å²) in [5.74, 6) is -4.71. The number of hydrogen-bond acceptors (Lipinski definition) is 2. The molecular formula is C5Cl4F6O2. The first-order chi connectivity index (χ1) is 7.16. The van der Waals surface area contributed by atoms with Gasteiger partial charge in [-0.05, 0) is 46.4 Å². The quantitative estimate of drug-likeness (QED) is 0.552. The van der Waals surface area contributed by atoms with Gasteiger partial charge in [-0.3, -0.25) is 9.47 Å². The summed E-state index contributed by atoms with van der Waals surface area (Å²) in [6.07, 6.45) is 0. The third kappa shape index (κ3) is 2.28. The summed E-state index contributed by atoms with van der Waals surface area (Å²) in [6, 6.07) is 0. The maximum Gasteiger partial charge on any atom is 0.382 e. The maximum absolute atomic E-state index is 13.1. The first-order valence-electron chi connectivity index (χ1n) is 3.46. The lowest BCUT2D eigenvalue weighted by atomic mass is 10.3. The molecule has 1 saturated heterocycles. The van der Waals surface area contributed by atoms with E-state index in [9.17, 15) is 26.3 Å². The summed E-state index contributed by atoms with van der Waals surface area (Å²) in [5, 5.41) is -18.9. The Labute approximate surface area is 110 Å². The molecule has 1 fully saturated rings. The van der Waals surface area contributed by atoms with Gasteiger partial charge in [-0.15, -0.1) is 0 Å². The number of rotatable bonds is 2. The van der Waals surface area contributed by atoms with Crippen LogP contribution in [0.1, 0.15) is 0 Å². The molecule has 102 valence electrons. The molecule has 0 radical (unpaired) electrons. The molecule has 0 aromatic rings. The van der Waals surface area contributed by atoms with E-state index < -0.39 is 27.2 Å². The molecule has 0 aliphatic carbocycles. The highest BCUT2D eigenvalue weighted by Gasteiger charge is 2.84. The second-order valence-corrected chi connectivity index (χ2v) is 4.77. The van der Waals surface area contributed by atoms with E-state index >= 15 is 0 Å². The second kappa shape index (κ2) is 3.83. The van der Waals surface area contributed by atoms with Crippen LogP contribution >= 0.6 is 46.4 Å². The van der Waals surface area contributed by atoms with E-state index in [4.69, 9.17) is 0 Å². The highest BCUT2D eigenvalue weighted by atomic mass is 35.5. The van der Waals surface area contributed by atoms with Gasteiger partial charge in [0.15, 0.2) is 0 Å². The average Bonchev–Trinajstić information content (AvgIpc) is 2.15. The Hall–Kier alpha value is 0.660. The average molecular weight is 348 g/mol. The van der Waals surface area contributed by atoms with Gasteiger partial charge in [0.05, 0.1) is 0 Å². The Kier molecular flexibility index (Phi) is 3.54. The minimum Gasteiger partial charge on any atom is -0.282 e. The van der Waals surface area contributed by atoms with E-state index in [1.54, 1.807) is 0 Å². The molecule has 2 atom stereocenters. The third-order valence-electron chi connectivity index (χ3n) is 1.63. The minimum absolute atomic E-state index is 3.29. The van der Waals surface area contributed by atoms with Gasteiger partial charge in [-0.2, -0.15) is 26.3 Å². The Morgan fingerprint density at radius 1 is 0.765 bits per heavy atom. The molecule has 1 rings (SSSR count). The standard InChI is InChI=1S/C5Cl4F6O2/c6-2(10,11)1(3(7,12)13)16-4(8,14)5(9,15)17-1. The van der Waals surface area contributed by atoms with Gasteiger partial charge in [0.1, 0.15) is 0 Å². The highest BCUT2D eigenvalue weighted by Crippen LogP contribution is 2.62. The summed E-state index contributed by atoms with van der Waals surface area (Å²) >= 11 is 17.6. The van der Waals surface area contributed by atoms with E-state index in [0.717, 1.165) is 0 Å². The summed E-state index contributed by atoms with van der Waals surface area (Å²) in [5.41, 5.74) is 0. The zero-order valence-corrected chi connectivity index (χ0v) is 10.1. The van der Waals surface area contributed by atoms with Crippen molar-refractivity contribution < 1.29 is 35.8 Å². The molecule has 1 aliphatic heterocycles. The lowest BCUT2D eigenvalue weighted by molar-refractivity contribution is -0.346. The van der Waals surface area contributed by atoms with Crippen LogP contribution in [0.15, 0.2) is 0 Å². The minimum atomic E-state index is -5.13. The molecule has 0 bridgehead atoms. The summed E-state index contributed by atoms with van der Waals surface area (Å²) in [4.78, 5) is 0. The number of ether oxygens (including phenoxy) is 2. The van der Waals surface area contributed by atoms with E-state index in [-0.39, 0.29) is 0 Å². The number of alkyl halides is 10. The van der Waals surface area contributed by atoms with Crippen molar-refractivity contribution in [1.29, 1.82) is 0 Å². The molecular weight excluding hydrogens is 348 g/mol. The highest BCUT2D eigenvalue weighted by molar-refractivity contribution is 6.32. The fourth-order valence-corrected chi connectivity index (χ4v) is 1.63. The van der Waals surface area contributed by atoms with Crippen molar-refractivity contribution in [3.8, 4) is 0 Å². The third-order valence-corrected chi connectivity index (χ3v) is 2.86. The molecule has 0 aromatic carbocycles. The van der Waals surface area contributed by atoms with Crippen molar-refractivity contribution >= 4 is 46.4 Å². The Morgan fingerprint density at radius 3 is 1.12 bits per heavy atom. The SMILES string of the molecule is FC(F)(Cl)C1(C(F)(F)Cl)OC(F)(Cl)C(F)(Cl)O1. The van der Waals surface area contributed by atoms with Crippen LogP contribution in [0.5, 0.6) is 0 Å². The van der Waals surface area contributed by atoms with Gasteiger partial charge in [0.25, 0.3) is 0 Å². The molecule has 0 N–H and O–H groups in total. The van der Waals surface area contributed by atoms with Crippen molar-refractivity contribution in [3.05, 3.63) is 0 Å². The Morgan fingerprint density at radius 2 is 1.00 bits per heavy atom. The molecule has 0 saturated carbocycles. The molecule has 1 aliphatic rings. The zero-order chi connectivity index (χ0) is 13.9. The Bertz CT molecular complexity index is 291. The van der Waals surface area contributed by atoms with Crippen LogP contribution < -0.4 is 0 Å². The second-order valence-electron chi connectivity index (χ2n) is 2.85. The lowest BCUT2D eigenvalue weighted by Gasteiger charge is -2.33. The van der Waals surface area contributed by atoms with Crippen molar-refractivity contribution in [3.63, 3.8) is 0 Å². The van der Waals surface area contributed by atoms with Crippen molar-refractivity contribution in [1.82, 2.24) is 0 Å². The summed E-state index contributed by atoms with van der Waals surface area (Å²) in [6.45, 7) is 0.